The topological polar surface area (TPSA) is 106 Å². The average Bonchev–Trinajstić information content (AvgIpc) is 3.28. The Labute approximate surface area is 306 Å². The summed E-state index contributed by atoms with van der Waals surface area (Å²) in [5, 5.41) is 2.99. The summed E-state index contributed by atoms with van der Waals surface area (Å²) in [7, 11) is 0.110. The van der Waals surface area contributed by atoms with Gasteiger partial charge in [-0.2, -0.15) is 0 Å². The fraction of sp³-hybridized carbons (Fsp3) is 0.641. The summed E-state index contributed by atoms with van der Waals surface area (Å²) in [5.74, 6) is 2.18. The number of nitrogens with one attached hydrogen (secondary N) is 2. The van der Waals surface area contributed by atoms with Crippen LogP contribution in [0.25, 0.3) is 0 Å². The van der Waals surface area contributed by atoms with Crippen molar-refractivity contribution < 1.29 is 28.0 Å². The maximum atomic E-state index is 13.4. The molecule has 50 heavy (non-hydrogen) atoms. The molecule has 2 fully saturated rings. The van der Waals surface area contributed by atoms with E-state index in [1.54, 1.807) is 13.1 Å². The van der Waals surface area contributed by atoms with Gasteiger partial charge in [0.05, 0.1) is 30.8 Å². The summed E-state index contributed by atoms with van der Waals surface area (Å²) < 4.78 is 35.1. The van der Waals surface area contributed by atoms with E-state index >= 15 is 0 Å². The molecule has 2 bridgehead atoms. The lowest BCUT2D eigenvalue weighted by Crippen LogP contribution is -2.47. The molecule has 7 atom stereocenters. The SMILES string of the molecule is CCCc1cc(Cl)ccc1C1COc2ccc3cc2N(C1)CC1CCC1C(C1OCCCO1)CCCC(C)C(C)S(=O)NC3=O.CNC(C)=O. The lowest BCUT2D eigenvalue weighted by Gasteiger charge is -2.47. The Bertz CT molecular complexity index is 1490. The Hall–Kier alpha value is -2.66. The highest BCUT2D eigenvalue weighted by Gasteiger charge is 2.43. The van der Waals surface area contributed by atoms with E-state index < -0.39 is 11.0 Å². The number of benzene rings is 2. The fourth-order valence-electron chi connectivity index (χ4n) is 7.79. The van der Waals surface area contributed by atoms with Crippen LogP contribution in [0.4, 0.5) is 5.69 Å². The van der Waals surface area contributed by atoms with Gasteiger partial charge in [0.2, 0.25) is 5.91 Å². The predicted molar refractivity (Wildman–Crippen MR) is 200 cm³/mol. The maximum Gasteiger partial charge on any atom is 0.263 e. The van der Waals surface area contributed by atoms with Crippen LogP contribution in [-0.2, 0) is 31.7 Å². The minimum atomic E-state index is -1.49. The Balaban J connectivity index is 0.000000908. The molecule has 276 valence electrons. The Morgan fingerprint density at radius 2 is 1.78 bits per heavy atom. The van der Waals surface area contributed by atoms with Crippen molar-refractivity contribution in [2.75, 3.05) is 44.9 Å². The summed E-state index contributed by atoms with van der Waals surface area (Å²) in [5.41, 5.74) is 4.00. The lowest BCUT2D eigenvalue weighted by molar-refractivity contribution is -0.224. The van der Waals surface area contributed by atoms with Gasteiger partial charge in [0.15, 0.2) is 6.29 Å². The molecule has 1 aliphatic carbocycles. The van der Waals surface area contributed by atoms with Gasteiger partial charge < -0.3 is 24.4 Å². The van der Waals surface area contributed by atoms with E-state index in [-0.39, 0.29) is 35.2 Å². The van der Waals surface area contributed by atoms with E-state index in [0.717, 1.165) is 81.3 Å². The number of hydrogen-bond acceptors (Lipinski definition) is 7. The van der Waals surface area contributed by atoms with Crippen LogP contribution in [0.5, 0.6) is 5.75 Å². The third-order valence-electron chi connectivity index (χ3n) is 11.1. The number of nitrogens with zero attached hydrogens (tertiary/aromatic N) is 1. The standard InChI is InChI=1S/C36H49ClN2O5S.C3H7NO/c1-4-7-25-18-29(37)12-14-30(25)28-21-39-20-27-10-13-31(27)32(36-42-16-6-17-43-36)9-5-8-23(2)24(3)45(41)38-35(40)26-11-15-34(44-22-28)33(39)19-26;1-3(5)4-2/h11-12,14-15,18-19,23-24,27-28,31-32,36H,4-10,13,16-17,20-22H2,1-3H3,(H,38,40);1-2H3,(H,4,5). The number of amides is 2. The first kappa shape index (κ1) is 38.6. The van der Waals surface area contributed by atoms with Crippen LogP contribution in [0, 0.1) is 23.7 Å². The summed E-state index contributed by atoms with van der Waals surface area (Å²) in [6, 6.07) is 11.9. The molecule has 11 heteroatoms. The second kappa shape index (κ2) is 18.2. The van der Waals surface area contributed by atoms with E-state index in [4.69, 9.17) is 25.8 Å². The molecule has 0 aromatic heterocycles. The predicted octanol–water partition coefficient (Wildman–Crippen LogP) is 7.03. The molecule has 2 N–H and O–H groups in total. The smallest absolute Gasteiger partial charge is 0.263 e. The number of aryl methyl sites for hydroxylation is 1. The van der Waals surface area contributed by atoms with Crippen molar-refractivity contribution in [3.05, 3.63) is 58.1 Å². The van der Waals surface area contributed by atoms with Crippen molar-refractivity contribution >= 4 is 40.1 Å². The van der Waals surface area contributed by atoms with Gasteiger partial charge in [0.25, 0.3) is 5.91 Å². The molecule has 2 amide bonds. The van der Waals surface area contributed by atoms with Crippen LogP contribution in [0.15, 0.2) is 36.4 Å². The van der Waals surface area contributed by atoms with Gasteiger partial charge in [-0.1, -0.05) is 44.4 Å². The van der Waals surface area contributed by atoms with E-state index in [9.17, 15) is 13.8 Å². The second-order valence-electron chi connectivity index (χ2n) is 14.5. The highest BCUT2D eigenvalue weighted by Crippen LogP contribution is 2.47. The van der Waals surface area contributed by atoms with Crippen LogP contribution in [0.2, 0.25) is 5.02 Å². The largest absolute Gasteiger partial charge is 0.491 e. The first-order chi connectivity index (χ1) is 24.1. The minimum absolute atomic E-state index is 0.00463. The van der Waals surface area contributed by atoms with E-state index in [1.165, 1.54) is 30.9 Å². The molecule has 0 radical (unpaired) electrons. The number of hydrogen-bond donors (Lipinski definition) is 2. The molecule has 1 saturated heterocycles. The Morgan fingerprint density at radius 1 is 1.02 bits per heavy atom. The molecular formula is C39H56ClN3O6S. The molecule has 2 aromatic carbocycles. The quantitative estimate of drug-likeness (QED) is 0.348. The fourth-order valence-corrected chi connectivity index (χ4v) is 9.03. The highest BCUT2D eigenvalue weighted by atomic mass is 35.5. The third-order valence-corrected chi connectivity index (χ3v) is 12.8. The average molecular weight is 730 g/mol. The van der Waals surface area contributed by atoms with Crippen molar-refractivity contribution in [1.29, 1.82) is 0 Å². The normalized spacial score (nSPS) is 29.1. The van der Waals surface area contributed by atoms with Gasteiger partial charge in [-0.3, -0.25) is 14.3 Å². The van der Waals surface area contributed by atoms with Gasteiger partial charge in [-0.25, -0.2) is 4.21 Å². The summed E-state index contributed by atoms with van der Waals surface area (Å²) >= 11 is 6.45. The first-order valence-corrected chi connectivity index (χ1v) is 20.1. The van der Waals surface area contributed by atoms with Crippen LogP contribution in [0.1, 0.15) is 100 Å². The van der Waals surface area contributed by atoms with Gasteiger partial charge in [-0.05, 0) is 105 Å². The molecule has 3 aliphatic heterocycles. The molecule has 6 rings (SSSR count). The van der Waals surface area contributed by atoms with Crippen LogP contribution in [0.3, 0.4) is 0 Å². The number of ether oxygens (including phenoxy) is 3. The van der Waals surface area contributed by atoms with Crippen molar-refractivity contribution in [3.8, 4) is 5.75 Å². The van der Waals surface area contributed by atoms with Crippen LogP contribution >= 0.6 is 11.6 Å². The Morgan fingerprint density at radius 3 is 2.46 bits per heavy atom. The molecule has 4 aliphatic rings. The molecule has 2 aromatic rings. The molecular weight excluding hydrogens is 674 g/mol. The van der Waals surface area contributed by atoms with Crippen molar-refractivity contribution in [2.24, 2.45) is 23.7 Å². The van der Waals surface area contributed by atoms with Gasteiger partial charge in [-0.15, -0.1) is 0 Å². The minimum Gasteiger partial charge on any atom is -0.491 e. The zero-order chi connectivity index (χ0) is 35.8. The van der Waals surface area contributed by atoms with Gasteiger partial charge >= 0.3 is 0 Å². The number of carbonyl (C=O) groups excluding carboxylic acids is 2. The number of rotatable bonds is 4. The lowest BCUT2D eigenvalue weighted by atomic mass is 9.65. The number of halogens is 1. The monoisotopic (exact) mass is 729 g/mol. The van der Waals surface area contributed by atoms with Crippen LogP contribution < -0.4 is 19.7 Å². The van der Waals surface area contributed by atoms with E-state index in [2.05, 4.69) is 40.9 Å². The van der Waals surface area contributed by atoms with Crippen molar-refractivity contribution in [3.63, 3.8) is 0 Å². The molecule has 3 heterocycles. The van der Waals surface area contributed by atoms with Crippen molar-refractivity contribution in [1.82, 2.24) is 10.0 Å². The Kier molecular flexibility index (Phi) is 14.0. The highest BCUT2D eigenvalue weighted by molar-refractivity contribution is 7.84. The molecule has 0 spiro atoms. The third kappa shape index (κ3) is 9.60. The molecule has 1 saturated carbocycles. The number of carbonyl (C=O) groups is 2. The van der Waals surface area contributed by atoms with Crippen LogP contribution in [-0.4, -0.2) is 67.5 Å². The second-order valence-corrected chi connectivity index (χ2v) is 16.4. The van der Waals surface area contributed by atoms with Gasteiger partial charge in [0, 0.05) is 49.5 Å². The van der Waals surface area contributed by atoms with E-state index in [1.807, 2.05) is 25.1 Å². The van der Waals surface area contributed by atoms with E-state index in [0.29, 0.717) is 29.9 Å². The summed E-state index contributed by atoms with van der Waals surface area (Å²) in [6.45, 7) is 11.5. The van der Waals surface area contributed by atoms with Crippen molar-refractivity contribution in [2.45, 2.75) is 96.5 Å². The number of anilines is 1. The zero-order valence-electron chi connectivity index (χ0n) is 30.4. The molecule has 7 unspecified atom stereocenters. The molecule has 9 nitrogen and oxygen atoms in total. The maximum absolute atomic E-state index is 13.4. The summed E-state index contributed by atoms with van der Waals surface area (Å²) in [4.78, 5) is 25.6. The zero-order valence-corrected chi connectivity index (χ0v) is 32.0. The van der Waals surface area contributed by atoms with Gasteiger partial charge in [0.1, 0.15) is 16.7 Å². The first-order valence-electron chi connectivity index (χ1n) is 18.5. The summed E-state index contributed by atoms with van der Waals surface area (Å²) in [6.07, 6.45) is 8.14. The number of fused-ring (bicyclic) bond motifs is 2.